The highest BCUT2D eigenvalue weighted by molar-refractivity contribution is 5.14. The molecule has 1 aromatic carbocycles. The number of hydrogen-bond acceptors (Lipinski definition) is 2. The van der Waals surface area contributed by atoms with Crippen LogP contribution in [-0.2, 0) is 6.42 Å². The van der Waals surface area contributed by atoms with E-state index in [1.807, 2.05) is 0 Å². The Morgan fingerprint density at radius 2 is 1.63 bits per heavy atom. The number of likely N-dealkylation sites (tertiary alicyclic amines) is 1. The van der Waals surface area contributed by atoms with Crippen LogP contribution in [0, 0.1) is 5.41 Å². The van der Waals surface area contributed by atoms with Gasteiger partial charge in [-0.15, -0.1) is 0 Å². The van der Waals surface area contributed by atoms with Crippen molar-refractivity contribution in [2.75, 3.05) is 32.7 Å². The molecule has 2 aliphatic heterocycles. The first-order valence-corrected chi connectivity index (χ1v) is 7.83. The first kappa shape index (κ1) is 13.1. The van der Waals surface area contributed by atoms with Crippen LogP contribution >= 0.6 is 0 Å². The molecule has 0 atom stereocenters. The van der Waals surface area contributed by atoms with Crippen molar-refractivity contribution in [1.82, 2.24) is 10.2 Å². The fraction of sp³-hybridized carbons (Fsp3) is 0.647. The number of hydrogen-bond donors (Lipinski definition) is 1. The molecule has 2 fully saturated rings. The third-order valence-electron chi connectivity index (χ3n) is 5.14. The molecule has 19 heavy (non-hydrogen) atoms. The Morgan fingerprint density at radius 3 is 2.32 bits per heavy atom. The minimum absolute atomic E-state index is 0.689. The molecule has 2 nitrogen and oxygen atoms in total. The summed E-state index contributed by atoms with van der Waals surface area (Å²) in [6, 6.07) is 10.9. The van der Waals surface area contributed by atoms with Crippen LogP contribution in [0.25, 0.3) is 0 Å². The Labute approximate surface area is 117 Å². The highest BCUT2D eigenvalue weighted by Crippen LogP contribution is 2.39. The summed E-state index contributed by atoms with van der Waals surface area (Å²) >= 11 is 0. The lowest BCUT2D eigenvalue weighted by Crippen LogP contribution is -2.45. The van der Waals surface area contributed by atoms with Crippen LogP contribution in [0.3, 0.4) is 0 Å². The van der Waals surface area contributed by atoms with Crippen molar-refractivity contribution in [3.63, 3.8) is 0 Å². The van der Waals surface area contributed by atoms with Gasteiger partial charge in [0.05, 0.1) is 0 Å². The second-order valence-corrected chi connectivity index (χ2v) is 6.33. The molecule has 0 amide bonds. The summed E-state index contributed by atoms with van der Waals surface area (Å²) in [7, 11) is 0. The summed E-state index contributed by atoms with van der Waals surface area (Å²) in [6.07, 6.45) is 6.85. The van der Waals surface area contributed by atoms with Crippen LogP contribution in [0.5, 0.6) is 0 Å². The number of nitrogens with one attached hydrogen (secondary N) is 1. The molecular formula is C17H26N2. The van der Waals surface area contributed by atoms with Gasteiger partial charge in [0, 0.05) is 6.54 Å². The molecule has 104 valence electrons. The zero-order valence-electron chi connectivity index (χ0n) is 11.9. The first-order valence-electron chi connectivity index (χ1n) is 7.83. The number of rotatable bonds is 3. The molecule has 0 aliphatic carbocycles. The summed E-state index contributed by atoms with van der Waals surface area (Å²) in [5, 5.41) is 3.50. The SMILES string of the molecule is c1ccc(CCN2CCC3(CCNCC3)CC2)cc1. The van der Waals surface area contributed by atoms with E-state index in [1.54, 1.807) is 0 Å². The average molecular weight is 258 g/mol. The number of benzene rings is 1. The molecule has 2 heterocycles. The quantitative estimate of drug-likeness (QED) is 0.897. The maximum Gasteiger partial charge on any atom is 0.00218 e. The topological polar surface area (TPSA) is 15.3 Å². The Kier molecular flexibility index (Phi) is 4.19. The van der Waals surface area contributed by atoms with Gasteiger partial charge < -0.3 is 10.2 Å². The lowest BCUT2D eigenvalue weighted by Gasteiger charge is -2.44. The maximum atomic E-state index is 3.50. The molecule has 0 unspecified atom stereocenters. The van der Waals surface area contributed by atoms with E-state index in [2.05, 4.69) is 40.5 Å². The summed E-state index contributed by atoms with van der Waals surface area (Å²) in [5.41, 5.74) is 2.17. The Morgan fingerprint density at radius 1 is 0.947 bits per heavy atom. The van der Waals surface area contributed by atoms with Gasteiger partial charge in [0.2, 0.25) is 0 Å². The molecule has 2 saturated heterocycles. The lowest BCUT2D eigenvalue weighted by molar-refractivity contribution is 0.0746. The fourth-order valence-electron chi connectivity index (χ4n) is 3.64. The van der Waals surface area contributed by atoms with Gasteiger partial charge in [-0.05, 0) is 69.3 Å². The Hall–Kier alpha value is -0.860. The van der Waals surface area contributed by atoms with Crippen LogP contribution in [0.1, 0.15) is 31.2 Å². The number of piperidine rings is 2. The predicted octanol–water partition coefficient (Wildman–Crippen LogP) is 2.69. The third-order valence-corrected chi connectivity index (χ3v) is 5.14. The van der Waals surface area contributed by atoms with Gasteiger partial charge in [0.1, 0.15) is 0 Å². The highest BCUT2D eigenvalue weighted by atomic mass is 15.1. The molecule has 0 bridgehead atoms. The minimum atomic E-state index is 0.689. The van der Waals surface area contributed by atoms with Crippen LogP contribution in [0.4, 0.5) is 0 Å². The van der Waals surface area contributed by atoms with Gasteiger partial charge in [-0.1, -0.05) is 30.3 Å². The predicted molar refractivity (Wildman–Crippen MR) is 80.4 cm³/mol. The van der Waals surface area contributed by atoms with Crippen molar-refractivity contribution < 1.29 is 0 Å². The molecule has 2 aliphatic rings. The molecule has 0 aromatic heterocycles. The van der Waals surface area contributed by atoms with Crippen LogP contribution in [0.2, 0.25) is 0 Å². The number of nitrogens with zero attached hydrogens (tertiary/aromatic N) is 1. The third kappa shape index (κ3) is 3.37. The van der Waals surface area contributed by atoms with Crippen molar-refractivity contribution in [2.24, 2.45) is 5.41 Å². The second kappa shape index (κ2) is 6.06. The van der Waals surface area contributed by atoms with Gasteiger partial charge in [-0.2, -0.15) is 0 Å². The lowest BCUT2D eigenvalue weighted by atomic mass is 9.71. The van der Waals surface area contributed by atoms with Gasteiger partial charge in [-0.25, -0.2) is 0 Å². The normalized spacial score (nSPS) is 23.6. The minimum Gasteiger partial charge on any atom is -0.317 e. The van der Waals surface area contributed by atoms with E-state index in [9.17, 15) is 0 Å². The Balaban J connectivity index is 1.45. The van der Waals surface area contributed by atoms with E-state index in [-0.39, 0.29) is 0 Å². The van der Waals surface area contributed by atoms with Crippen LogP contribution < -0.4 is 5.32 Å². The maximum absolute atomic E-state index is 3.50. The largest absolute Gasteiger partial charge is 0.317 e. The zero-order chi connectivity index (χ0) is 13.0. The summed E-state index contributed by atoms with van der Waals surface area (Å²) < 4.78 is 0. The van der Waals surface area contributed by atoms with E-state index in [0.717, 1.165) is 0 Å². The monoisotopic (exact) mass is 258 g/mol. The summed E-state index contributed by atoms with van der Waals surface area (Å²) in [6.45, 7) is 6.34. The van der Waals surface area contributed by atoms with Gasteiger partial charge >= 0.3 is 0 Å². The molecule has 0 saturated carbocycles. The Bertz CT molecular complexity index is 372. The zero-order valence-corrected chi connectivity index (χ0v) is 11.9. The van der Waals surface area contributed by atoms with Gasteiger partial charge in [-0.3, -0.25) is 0 Å². The van der Waals surface area contributed by atoms with Crippen LogP contribution in [-0.4, -0.2) is 37.6 Å². The average Bonchev–Trinajstić information content (AvgIpc) is 2.49. The van der Waals surface area contributed by atoms with Crippen molar-refractivity contribution in [3.05, 3.63) is 35.9 Å². The molecule has 1 aromatic rings. The molecule has 1 N–H and O–H groups in total. The standard InChI is InChI=1S/C17H26N2/c1-2-4-16(5-3-1)6-13-19-14-9-17(10-15-19)7-11-18-12-8-17/h1-5,18H,6-15H2. The van der Waals surface area contributed by atoms with Gasteiger partial charge in [0.15, 0.2) is 0 Å². The fourth-order valence-corrected chi connectivity index (χ4v) is 3.64. The van der Waals surface area contributed by atoms with E-state index in [4.69, 9.17) is 0 Å². The second-order valence-electron chi connectivity index (χ2n) is 6.33. The summed E-state index contributed by atoms with van der Waals surface area (Å²) in [4.78, 5) is 2.67. The van der Waals surface area contributed by atoms with Crippen LogP contribution in [0.15, 0.2) is 30.3 Å². The molecule has 0 radical (unpaired) electrons. The van der Waals surface area contributed by atoms with Crippen molar-refractivity contribution >= 4 is 0 Å². The van der Waals surface area contributed by atoms with Crippen molar-refractivity contribution in [2.45, 2.75) is 32.1 Å². The summed E-state index contributed by atoms with van der Waals surface area (Å²) in [5.74, 6) is 0. The highest BCUT2D eigenvalue weighted by Gasteiger charge is 2.35. The van der Waals surface area contributed by atoms with E-state index in [0.29, 0.717) is 5.41 Å². The molecule has 3 rings (SSSR count). The molecule has 1 spiro atoms. The van der Waals surface area contributed by atoms with Gasteiger partial charge in [0.25, 0.3) is 0 Å². The van der Waals surface area contributed by atoms with Crippen molar-refractivity contribution in [1.29, 1.82) is 0 Å². The van der Waals surface area contributed by atoms with Crippen molar-refractivity contribution in [3.8, 4) is 0 Å². The molecular weight excluding hydrogens is 232 g/mol. The van der Waals surface area contributed by atoms with E-state index < -0.39 is 0 Å². The van der Waals surface area contributed by atoms with E-state index >= 15 is 0 Å². The molecule has 2 heteroatoms. The smallest absolute Gasteiger partial charge is 0.00218 e. The van der Waals surface area contributed by atoms with E-state index in [1.165, 1.54) is 70.4 Å². The first-order chi connectivity index (χ1) is 9.36.